The van der Waals surface area contributed by atoms with E-state index in [2.05, 4.69) is 62.3 Å². The van der Waals surface area contributed by atoms with Crippen LogP contribution in [0.3, 0.4) is 0 Å². The largest absolute Gasteiger partial charge is 0.507 e. The van der Waals surface area contributed by atoms with Crippen molar-refractivity contribution in [2.45, 2.75) is 145 Å². The lowest BCUT2D eigenvalue weighted by atomic mass is 9.74. The summed E-state index contributed by atoms with van der Waals surface area (Å²) in [5, 5.41) is 75.0. The van der Waals surface area contributed by atoms with E-state index in [0.717, 1.165) is 45.2 Å². The minimum absolute atomic E-state index is 0.0347. The Bertz CT molecular complexity index is 3830. The van der Waals surface area contributed by atoms with Crippen LogP contribution in [0.15, 0.2) is 146 Å². The van der Waals surface area contributed by atoms with Crippen molar-refractivity contribution in [1.82, 2.24) is 0 Å². The number of rotatable bonds is 8. The number of aromatic hydroxyl groups is 8. The zero-order valence-electron chi connectivity index (χ0n) is 57.2. The molecule has 16 nitrogen and oxygen atoms in total. The summed E-state index contributed by atoms with van der Waals surface area (Å²) in [6.07, 6.45) is 5.17. The van der Waals surface area contributed by atoms with Crippen LogP contribution in [0.4, 0.5) is 0 Å². The van der Waals surface area contributed by atoms with Gasteiger partial charge in [-0.2, -0.15) is 0 Å². The lowest BCUT2D eigenvalue weighted by molar-refractivity contribution is 0.111. The van der Waals surface area contributed by atoms with E-state index < -0.39 is 0 Å². The number of aryl methyl sites for hydroxylation is 2. The molecule has 8 aromatic carbocycles. The highest BCUT2D eigenvalue weighted by Crippen LogP contribution is 2.39. The number of para-hydroxylation sites is 4. The molecule has 95 heavy (non-hydrogen) atoms. The van der Waals surface area contributed by atoms with Gasteiger partial charge in [-0.1, -0.05) is 176 Å². The molecule has 0 atom stereocenters. The first-order valence-electron chi connectivity index (χ1n) is 29.9. The van der Waals surface area contributed by atoms with E-state index in [1.54, 1.807) is 104 Å². The lowest BCUT2D eigenvalue weighted by Gasteiger charge is -2.30. The van der Waals surface area contributed by atoms with Crippen molar-refractivity contribution in [2.24, 2.45) is 0 Å². The molecular formula is C78H91ClO16. The fraction of sp³-hybridized carbons (Fsp3) is 0.282. The SMILES string of the molecule is CC(C)(C)c1cc(C=O)c(O)c(C(C)(C)C)c1.CC(C)(C)c1cc(O)c(C=O)cc1C(C)(C)C.CC(C)(C)c1cccc(C=O)c1O.Cc1ccc(C=O)c(O)c1.Cc1cccc(C=O)c1O.O=Cc1cc(Cl)ccc1O.O=Cc1ccccc1O.O=Cc1ccccc1O. The van der Waals surface area contributed by atoms with Crippen LogP contribution in [-0.2, 0) is 27.1 Å². The summed E-state index contributed by atoms with van der Waals surface area (Å²) in [7, 11) is 0. The summed E-state index contributed by atoms with van der Waals surface area (Å²) in [6, 6.07) is 39.6. The number of phenolic OH excluding ortho intramolecular Hbond substituents is 8. The van der Waals surface area contributed by atoms with Gasteiger partial charge in [-0.25, -0.2) is 0 Å². The van der Waals surface area contributed by atoms with Gasteiger partial charge in [0, 0.05) is 10.6 Å². The Morgan fingerprint density at radius 1 is 0.274 bits per heavy atom. The third-order valence-electron chi connectivity index (χ3n) is 13.8. The van der Waals surface area contributed by atoms with Crippen LogP contribution < -0.4 is 0 Å². The van der Waals surface area contributed by atoms with Gasteiger partial charge < -0.3 is 40.9 Å². The van der Waals surface area contributed by atoms with Gasteiger partial charge in [0.15, 0.2) is 50.3 Å². The molecule has 0 amide bonds. The van der Waals surface area contributed by atoms with Crippen molar-refractivity contribution in [2.75, 3.05) is 0 Å². The van der Waals surface area contributed by atoms with Gasteiger partial charge in [0.05, 0.1) is 44.5 Å². The maximum absolute atomic E-state index is 11.0. The van der Waals surface area contributed by atoms with Gasteiger partial charge in [0.2, 0.25) is 0 Å². The van der Waals surface area contributed by atoms with Crippen molar-refractivity contribution in [3.63, 3.8) is 0 Å². The molecule has 0 spiro atoms. The van der Waals surface area contributed by atoms with E-state index >= 15 is 0 Å². The molecule has 0 aliphatic rings. The third kappa shape index (κ3) is 27.1. The molecule has 0 unspecified atom stereocenters. The molecule has 0 saturated carbocycles. The summed E-state index contributed by atoms with van der Waals surface area (Å²) in [5.41, 5.74) is 8.79. The van der Waals surface area contributed by atoms with E-state index in [0.29, 0.717) is 88.0 Å². The fourth-order valence-corrected chi connectivity index (χ4v) is 8.46. The molecule has 0 heterocycles. The summed E-state index contributed by atoms with van der Waals surface area (Å²) < 4.78 is 0. The smallest absolute Gasteiger partial charge is 0.153 e. The van der Waals surface area contributed by atoms with Crippen LogP contribution in [0, 0.1) is 13.8 Å². The van der Waals surface area contributed by atoms with E-state index in [-0.39, 0.29) is 78.6 Å². The van der Waals surface area contributed by atoms with Crippen LogP contribution >= 0.6 is 11.6 Å². The highest BCUT2D eigenvalue weighted by Gasteiger charge is 2.28. The molecule has 8 N–H and O–H groups in total. The number of phenols is 8. The minimum Gasteiger partial charge on any atom is -0.507 e. The maximum atomic E-state index is 11.0. The van der Waals surface area contributed by atoms with Crippen molar-refractivity contribution >= 4 is 61.9 Å². The van der Waals surface area contributed by atoms with E-state index in [1.807, 2.05) is 66.7 Å². The van der Waals surface area contributed by atoms with E-state index in [4.69, 9.17) is 37.1 Å². The summed E-state index contributed by atoms with van der Waals surface area (Å²) in [5.74, 6) is 0.440. The molecule has 8 rings (SSSR count). The molecule has 0 saturated heterocycles. The van der Waals surface area contributed by atoms with Crippen LogP contribution in [0.2, 0.25) is 5.02 Å². The first-order valence-corrected chi connectivity index (χ1v) is 30.2. The second-order valence-electron chi connectivity index (χ2n) is 26.8. The van der Waals surface area contributed by atoms with Crippen molar-refractivity contribution in [3.8, 4) is 46.0 Å². The van der Waals surface area contributed by atoms with Gasteiger partial charge in [0.1, 0.15) is 46.0 Å². The Labute approximate surface area is 563 Å². The minimum atomic E-state index is -0.177. The summed E-state index contributed by atoms with van der Waals surface area (Å²) in [6.45, 7) is 34.7. The number of hydrogen-bond donors (Lipinski definition) is 8. The fourth-order valence-electron chi connectivity index (χ4n) is 8.28. The second kappa shape index (κ2) is 37.5. The monoisotopic (exact) mass is 1320 g/mol. The van der Waals surface area contributed by atoms with Gasteiger partial charge in [-0.15, -0.1) is 0 Å². The highest BCUT2D eigenvalue weighted by molar-refractivity contribution is 6.30. The molecule has 0 aliphatic carbocycles. The number of aldehydes is 8. The quantitative estimate of drug-likeness (QED) is 0.0656. The Morgan fingerprint density at radius 2 is 0.632 bits per heavy atom. The van der Waals surface area contributed by atoms with Crippen LogP contribution in [0.1, 0.15) is 226 Å². The standard InChI is InChI=1S/2C15H22O2.C11H14O2.2C8H8O2.C7H5ClO2.2C7H6O2/c1-14(2,3)11-7-10(9-16)13(17)8-12(11)15(4,5)6;1-14(2,3)11-7-10(9-16)13(17)12(8-11)15(4,5)6;1-11(2,3)9-6-4-5-8(7-12)10(9)13;1-6-2-3-7(5-9)8(10)4-6;1-6-3-2-4-7(5-9)8(6)10;8-6-1-2-7(10)5(3-6)4-9;2*8-5-6-3-1-2-4-7(6)9/h2*7-9,17H,1-6H3;4-7,13H,1-3H3;2*2-5,10H,1H3;1-4,10H;2*1-5,9H. The van der Waals surface area contributed by atoms with Crippen molar-refractivity contribution < 1.29 is 79.2 Å². The lowest BCUT2D eigenvalue weighted by Crippen LogP contribution is -2.22. The summed E-state index contributed by atoms with van der Waals surface area (Å²) in [4.78, 5) is 83.2. The molecule has 8 aromatic rings. The van der Waals surface area contributed by atoms with Gasteiger partial charge in [0.25, 0.3) is 0 Å². The summed E-state index contributed by atoms with van der Waals surface area (Å²) >= 11 is 5.53. The van der Waals surface area contributed by atoms with Crippen molar-refractivity contribution in [3.05, 3.63) is 234 Å². The van der Waals surface area contributed by atoms with E-state index in [1.165, 1.54) is 30.3 Å². The Morgan fingerprint density at radius 3 is 1.01 bits per heavy atom. The second-order valence-corrected chi connectivity index (χ2v) is 27.2. The Kier molecular flexibility index (Phi) is 32.7. The van der Waals surface area contributed by atoms with Crippen molar-refractivity contribution in [1.29, 1.82) is 0 Å². The third-order valence-corrected chi connectivity index (χ3v) is 14.0. The maximum Gasteiger partial charge on any atom is 0.153 e. The molecular weight excluding hydrogens is 1230 g/mol. The van der Waals surface area contributed by atoms with E-state index in [9.17, 15) is 53.7 Å². The number of carbonyl (C=O) groups excluding carboxylic acids is 8. The van der Waals surface area contributed by atoms with Gasteiger partial charge in [-0.05, 0) is 159 Å². The first kappa shape index (κ1) is 82.8. The zero-order chi connectivity index (χ0) is 73.0. The van der Waals surface area contributed by atoms with Crippen LogP contribution in [0.5, 0.6) is 46.0 Å². The molecule has 0 aliphatic heterocycles. The predicted octanol–water partition coefficient (Wildman–Crippen LogP) is 17.4. The predicted molar refractivity (Wildman–Crippen MR) is 376 cm³/mol. The average Bonchev–Trinajstić information content (AvgIpc) is 0.796. The normalized spacial score (nSPS) is 10.7. The number of halogens is 1. The van der Waals surface area contributed by atoms with Gasteiger partial charge in [-0.3, -0.25) is 38.4 Å². The first-order chi connectivity index (χ1) is 44.0. The molecule has 17 heteroatoms. The Hall–Kier alpha value is -10.2. The molecule has 506 valence electrons. The van der Waals surface area contributed by atoms with Crippen LogP contribution in [0.25, 0.3) is 0 Å². The molecule has 0 fully saturated rings. The van der Waals surface area contributed by atoms with Gasteiger partial charge >= 0.3 is 0 Å². The molecule has 0 bridgehead atoms. The van der Waals surface area contributed by atoms with Crippen LogP contribution in [-0.4, -0.2) is 91.1 Å². The Balaban J connectivity index is 0.000000549. The molecule has 0 aromatic heterocycles. The number of hydrogen-bond acceptors (Lipinski definition) is 16. The number of benzene rings is 8. The average molecular weight is 1320 g/mol. The molecule has 0 radical (unpaired) electrons. The topological polar surface area (TPSA) is 298 Å². The zero-order valence-corrected chi connectivity index (χ0v) is 58.0. The number of carbonyl (C=O) groups is 8. The highest BCUT2D eigenvalue weighted by atomic mass is 35.5.